The third kappa shape index (κ3) is 7.67. The van der Waals surface area contributed by atoms with E-state index in [2.05, 4.69) is 36.1 Å². The van der Waals surface area contributed by atoms with Crippen molar-refractivity contribution >= 4 is 11.9 Å². The SMILES string of the molecule is CC(c1ccccc1)N(Cc1ccccc1)[C@@H](c1ccccc1)[C@H](OC(=O)c1ccccc1)C(=O)OC(C)(C)C. The zero-order valence-electron chi connectivity index (χ0n) is 23.6. The second-order valence-electron chi connectivity index (χ2n) is 10.8. The third-order valence-corrected chi connectivity index (χ3v) is 6.66. The number of esters is 2. The predicted molar refractivity (Wildman–Crippen MR) is 158 cm³/mol. The molecule has 0 saturated carbocycles. The van der Waals surface area contributed by atoms with Gasteiger partial charge in [0.25, 0.3) is 0 Å². The van der Waals surface area contributed by atoms with Crippen molar-refractivity contribution in [3.63, 3.8) is 0 Å². The van der Waals surface area contributed by atoms with Crippen molar-refractivity contribution in [2.45, 2.75) is 58.0 Å². The van der Waals surface area contributed by atoms with E-state index in [0.717, 1.165) is 16.7 Å². The molecule has 206 valence electrons. The Bertz CT molecular complexity index is 1350. The van der Waals surface area contributed by atoms with Gasteiger partial charge in [-0.1, -0.05) is 109 Å². The Morgan fingerprint density at radius 1 is 0.700 bits per heavy atom. The maximum absolute atomic E-state index is 13.9. The molecule has 0 heterocycles. The van der Waals surface area contributed by atoms with Gasteiger partial charge in [-0.2, -0.15) is 0 Å². The van der Waals surface area contributed by atoms with Gasteiger partial charge in [-0.25, -0.2) is 9.59 Å². The average Bonchev–Trinajstić information content (AvgIpc) is 2.97. The molecule has 0 radical (unpaired) electrons. The summed E-state index contributed by atoms with van der Waals surface area (Å²) in [6.45, 7) is 8.06. The fourth-order valence-electron chi connectivity index (χ4n) is 4.74. The molecule has 0 bridgehead atoms. The number of carbonyl (C=O) groups is 2. The molecule has 0 aromatic heterocycles. The van der Waals surface area contributed by atoms with E-state index >= 15 is 0 Å². The molecule has 5 nitrogen and oxygen atoms in total. The molecule has 0 fully saturated rings. The van der Waals surface area contributed by atoms with E-state index in [1.165, 1.54) is 0 Å². The summed E-state index contributed by atoms with van der Waals surface area (Å²) >= 11 is 0. The smallest absolute Gasteiger partial charge is 0.350 e. The van der Waals surface area contributed by atoms with Gasteiger partial charge in [0.2, 0.25) is 6.10 Å². The summed E-state index contributed by atoms with van der Waals surface area (Å²) in [7, 11) is 0. The third-order valence-electron chi connectivity index (χ3n) is 6.66. The molecule has 0 amide bonds. The molecule has 0 aliphatic heterocycles. The number of nitrogens with zero attached hydrogens (tertiary/aromatic N) is 1. The molecule has 4 aromatic carbocycles. The van der Waals surface area contributed by atoms with Crippen LogP contribution < -0.4 is 0 Å². The number of carbonyl (C=O) groups excluding carboxylic acids is 2. The second-order valence-corrected chi connectivity index (χ2v) is 10.8. The lowest BCUT2D eigenvalue weighted by Crippen LogP contribution is -2.46. The minimum Gasteiger partial charge on any atom is -0.457 e. The van der Waals surface area contributed by atoms with Crippen molar-refractivity contribution in [2.75, 3.05) is 0 Å². The quantitative estimate of drug-likeness (QED) is 0.196. The normalized spacial score (nSPS) is 13.7. The summed E-state index contributed by atoms with van der Waals surface area (Å²) < 4.78 is 12.0. The zero-order chi connectivity index (χ0) is 28.5. The van der Waals surface area contributed by atoms with Gasteiger partial charge in [-0.05, 0) is 56.5 Å². The first-order chi connectivity index (χ1) is 19.2. The summed E-state index contributed by atoms with van der Waals surface area (Å²) in [5.74, 6) is -1.17. The Balaban J connectivity index is 1.86. The van der Waals surface area contributed by atoms with Crippen molar-refractivity contribution in [3.8, 4) is 0 Å². The van der Waals surface area contributed by atoms with Gasteiger partial charge in [-0.15, -0.1) is 0 Å². The highest BCUT2D eigenvalue weighted by Crippen LogP contribution is 2.37. The Morgan fingerprint density at radius 3 is 1.70 bits per heavy atom. The van der Waals surface area contributed by atoms with Gasteiger partial charge in [-0.3, -0.25) is 4.90 Å². The summed E-state index contributed by atoms with van der Waals surface area (Å²) in [5.41, 5.74) is 2.59. The van der Waals surface area contributed by atoms with Crippen LogP contribution in [0.3, 0.4) is 0 Å². The second kappa shape index (κ2) is 13.2. The van der Waals surface area contributed by atoms with Crippen molar-refractivity contribution in [1.82, 2.24) is 4.90 Å². The molecular formula is C35H37NO4. The van der Waals surface area contributed by atoms with Gasteiger partial charge in [0.05, 0.1) is 11.6 Å². The first kappa shape index (κ1) is 28.8. The summed E-state index contributed by atoms with van der Waals surface area (Å²) in [5, 5.41) is 0. The minimum atomic E-state index is -1.23. The molecule has 0 aliphatic carbocycles. The molecule has 1 unspecified atom stereocenters. The van der Waals surface area contributed by atoms with Crippen LogP contribution >= 0.6 is 0 Å². The van der Waals surface area contributed by atoms with Crippen LogP contribution in [-0.2, 0) is 20.8 Å². The number of ether oxygens (including phenoxy) is 2. The summed E-state index contributed by atoms with van der Waals surface area (Å²) in [6.07, 6.45) is -1.23. The molecule has 3 atom stereocenters. The summed E-state index contributed by atoms with van der Waals surface area (Å²) in [6, 6.07) is 37.9. The van der Waals surface area contributed by atoms with Crippen LogP contribution in [0.25, 0.3) is 0 Å². The Hall–Kier alpha value is -4.22. The predicted octanol–water partition coefficient (Wildman–Crippen LogP) is 7.56. The molecule has 0 N–H and O–H groups in total. The Kier molecular flexibility index (Phi) is 9.52. The van der Waals surface area contributed by atoms with Crippen molar-refractivity contribution in [2.24, 2.45) is 0 Å². The van der Waals surface area contributed by atoms with Gasteiger partial charge in [0, 0.05) is 12.6 Å². The van der Waals surface area contributed by atoms with Crippen LogP contribution in [-0.4, -0.2) is 28.5 Å². The van der Waals surface area contributed by atoms with Gasteiger partial charge in [0.1, 0.15) is 5.60 Å². The maximum Gasteiger partial charge on any atom is 0.350 e. The minimum absolute atomic E-state index is 0.132. The average molecular weight is 536 g/mol. The van der Waals surface area contributed by atoms with Gasteiger partial charge in [0.15, 0.2) is 0 Å². The molecule has 0 spiro atoms. The molecular weight excluding hydrogens is 498 g/mol. The van der Waals surface area contributed by atoms with E-state index in [4.69, 9.17) is 9.47 Å². The maximum atomic E-state index is 13.9. The van der Waals surface area contributed by atoms with Gasteiger partial charge < -0.3 is 9.47 Å². The molecule has 0 aliphatic rings. The first-order valence-corrected chi connectivity index (χ1v) is 13.6. The van der Waals surface area contributed by atoms with Crippen LogP contribution in [0, 0.1) is 0 Å². The lowest BCUT2D eigenvalue weighted by Gasteiger charge is -2.40. The van der Waals surface area contributed by atoms with E-state index in [1.807, 2.05) is 93.6 Å². The van der Waals surface area contributed by atoms with Crippen molar-refractivity contribution < 1.29 is 19.1 Å². The Morgan fingerprint density at radius 2 is 1.18 bits per heavy atom. The van der Waals surface area contributed by atoms with E-state index in [1.54, 1.807) is 24.3 Å². The standard InChI is InChI=1S/C35H37NO4/c1-26(28-19-11-6-12-20-28)36(25-27-17-9-5-10-18-27)31(29-21-13-7-14-22-29)32(34(38)40-35(2,3)4)39-33(37)30-23-15-8-16-24-30/h5-24,26,31-32H,25H2,1-4H3/t26?,31-,32-/m0/s1. The highest BCUT2D eigenvalue weighted by atomic mass is 16.6. The van der Waals surface area contributed by atoms with Crippen LogP contribution in [0.1, 0.15) is 66.8 Å². The van der Waals surface area contributed by atoms with Crippen molar-refractivity contribution in [1.29, 1.82) is 0 Å². The molecule has 4 rings (SSSR count). The topological polar surface area (TPSA) is 55.8 Å². The van der Waals surface area contributed by atoms with E-state index in [0.29, 0.717) is 12.1 Å². The highest BCUT2D eigenvalue weighted by molar-refractivity contribution is 5.91. The van der Waals surface area contributed by atoms with Crippen LogP contribution in [0.2, 0.25) is 0 Å². The lowest BCUT2D eigenvalue weighted by atomic mass is 9.94. The number of hydrogen-bond acceptors (Lipinski definition) is 5. The lowest BCUT2D eigenvalue weighted by molar-refractivity contribution is -0.170. The first-order valence-electron chi connectivity index (χ1n) is 13.6. The van der Waals surface area contributed by atoms with E-state index in [9.17, 15) is 9.59 Å². The molecule has 0 saturated heterocycles. The molecule has 4 aromatic rings. The molecule has 5 heteroatoms. The van der Waals surface area contributed by atoms with Crippen molar-refractivity contribution in [3.05, 3.63) is 144 Å². The van der Waals surface area contributed by atoms with Crippen LogP contribution in [0.15, 0.2) is 121 Å². The number of rotatable bonds is 10. The zero-order valence-corrected chi connectivity index (χ0v) is 23.6. The molecule has 40 heavy (non-hydrogen) atoms. The largest absolute Gasteiger partial charge is 0.457 e. The fourth-order valence-corrected chi connectivity index (χ4v) is 4.74. The van der Waals surface area contributed by atoms with Crippen LogP contribution in [0.5, 0.6) is 0 Å². The number of benzene rings is 4. The van der Waals surface area contributed by atoms with Crippen LogP contribution in [0.4, 0.5) is 0 Å². The van der Waals surface area contributed by atoms with Gasteiger partial charge >= 0.3 is 11.9 Å². The fraction of sp³-hybridized carbons (Fsp3) is 0.257. The summed E-state index contributed by atoms with van der Waals surface area (Å²) in [4.78, 5) is 29.6. The van der Waals surface area contributed by atoms with E-state index < -0.39 is 29.7 Å². The number of hydrogen-bond donors (Lipinski definition) is 0. The van der Waals surface area contributed by atoms with E-state index in [-0.39, 0.29) is 6.04 Å². The monoisotopic (exact) mass is 535 g/mol. The highest BCUT2D eigenvalue weighted by Gasteiger charge is 2.42. The Labute approximate surface area is 237 Å².